The number of aromatic nitrogens is 3. The maximum atomic E-state index is 12.2. The lowest BCUT2D eigenvalue weighted by Crippen LogP contribution is -2.23. The van der Waals surface area contributed by atoms with Crippen LogP contribution >= 0.6 is 0 Å². The van der Waals surface area contributed by atoms with Crippen molar-refractivity contribution in [1.82, 2.24) is 20.3 Å². The molecule has 0 spiro atoms. The maximum Gasteiger partial charge on any atom is 0.245 e. The van der Waals surface area contributed by atoms with Crippen molar-refractivity contribution in [3.8, 4) is 0 Å². The minimum Gasteiger partial charge on any atom is -0.354 e. The molecule has 2 heterocycles. The third-order valence-corrected chi connectivity index (χ3v) is 4.00. The number of unbranched alkanes of at least 4 members (excludes halogenated alkanes) is 1. The van der Waals surface area contributed by atoms with Gasteiger partial charge in [-0.25, -0.2) is 4.68 Å². The van der Waals surface area contributed by atoms with Crippen LogP contribution in [0.25, 0.3) is 0 Å². The molecular formula is C16H20N4O. The van der Waals surface area contributed by atoms with Crippen molar-refractivity contribution in [3.63, 3.8) is 0 Å². The van der Waals surface area contributed by atoms with E-state index in [2.05, 4.69) is 34.7 Å². The van der Waals surface area contributed by atoms with Gasteiger partial charge in [-0.15, -0.1) is 5.10 Å². The summed E-state index contributed by atoms with van der Waals surface area (Å²) in [6, 6.07) is 9.82. The zero-order chi connectivity index (χ0) is 14.7. The van der Waals surface area contributed by atoms with Crippen LogP contribution in [0.15, 0.2) is 36.5 Å². The highest BCUT2D eigenvalue weighted by Gasteiger charge is 2.37. The molecule has 0 unspecified atom stereocenters. The Hall–Kier alpha value is -2.17. The molecule has 1 aliphatic heterocycles. The summed E-state index contributed by atoms with van der Waals surface area (Å²) in [7, 11) is 0. The van der Waals surface area contributed by atoms with Crippen LogP contribution in [-0.4, -0.2) is 27.4 Å². The van der Waals surface area contributed by atoms with Crippen LogP contribution in [0.5, 0.6) is 0 Å². The number of hydrogen-bond donors (Lipinski definition) is 1. The van der Waals surface area contributed by atoms with Gasteiger partial charge in [0.1, 0.15) is 6.04 Å². The predicted octanol–water partition coefficient (Wildman–Crippen LogP) is 2.08. The van der Waals surface area contributed by atoms with Gasteiger partial charge in [-0.3, -0.25) is 4.79 Å². The number of aryl methyl sites for hydroxylation is 1. The summed E-state index contributed by atoms with van der Waals surface area (Å²) in [6.07, 6.45) is 5.06. The lowest BCUT2D eigenvalue weighted by molar-refractivity contribution is -0.122. The van der Waals surface area contributed by atoms with Gasteiger partial charge in [-0.1, -0.05) is 48.9 Å². The molecule has 0 aliphatic carbocycles. The standard InChI is InChI=1S/C16H20N4O/c1-2-3-9-13-11-20(19-18-13)15-14(10-17-16(15)21)12-7-5-4-6-8-12/h4-8,11,14-15H,2-3,9-10H2,1H3,(H,17,21)/t14-,15-/m1/s1. The molecule has 1 aromatic heterocycles. The summed E-state index contributed by atoms with van der Waals surface area (Å²) in [5, 5.41) is 11.3. The third-order valence-electron chi connectivity index (χ3n) is 4.00. The molecule has 1 aromatic carbocycles. The largest absolute Gasteiger partial charge is 0.354 e. The second-order valence-electron chi connectivity index (χ2n) is 5.50. The number of carbonyl (C=O) groups is 1. The molecule has 5 heteroatoms. The van der Waals surface area contributed by atoms with Crippen molar-refractivity contribution in [2.75, 3.05) is 6.54 Å². The van der Waals surface area contributed by atoms with E-state index < -0.39 is 0 Å². The Labute approximate surface area is 124 Å². The fraction of sp³-hybridized carbons (Fsp3) is 0.438. The molecule has 21 heavy (non-hydrogen) atoms. The lowest BCUT2D eigenvalue weighted by atomic mass is 9.94. The molecule has 0 bridgehead atoms. The molecule has 2 aromatic rings. The van der Waals surface area contributed by atoms with E-state index in [0.717, 1.165) is 30.5 Å². The van der Waals surface area contributed by atoms with Crippen LogP contribution in [0, 0.1) is 0 Å². The molecule has 1 fully saturated rings. The van der Waals surface area contributed by atoms with Gasteiger partial charge < -0.3 is 5.32 Å². The fourth-order valence-corrected chi connectivity index (χ4v) is 2.84. The first kappa shape index (κ1) is 13.8. The van der Waals surface area contributed by atoms with E-state index in [9.17, 15) is 4.79 Å². The van der Waals surface area contributed by atoms with Gasteiger partial charge in [0.2, 0.25) is 5.91 Å². The van der Waals surface area contributed by atoms with Crippen molar-refractivity contribution >= 4 is 5.91 Å². The first-order valence-electron chi connectivity index (χ1n) is 7.53. The van der Waals surface area contributed by atoms with Gasteiger partial charge in [0.05, 0.1) is 5.69 Å². The molecule has 1 saturated heterocycles. The fourth-order valence-electron chi connectivity index (χ4n) is 2.84. The summed E-state index contributed by atoms with van der Waals surface area (Å²) in [5.74, 6) is 0.134. The van der Waals surface area contributed by atoms with Crippen molar-refractivity contribution in [2.24, 2.45) is 0 Å². The molecule has 1 aliphatic rings. The third kappa shape index (κ3) is 2.82. The molecule has 1 amide bonds. The Morgan fingerprint density at radius 1 is 1.33 bits per heavy atom. The number of carbonyl (C=O) groups excluding carboxylic acids is 1. The molecule has 0 saturated carbocycles. The second kappa shape index (κ2) is 6.08. The highest BCUT2D eigenvalue weighted by Crippen LogP contribution is 2.32. The van der Waals surface area contributed by atoms with Crippen molar-refractivity contribution in [2.45, 2.75) is 38.1 Å². The number of hydrogen-bond acceptors (Lipinski definition) is 3. The van der Waals surface area contributed by atoms with E-state index >= 15 is 0 Å². The topological polar surface area (TPSA) is 59.8 Å². The van der Waals surface area contributed by atoms with Crippen LogP contribution in [0.4, 0.5) is 0 Å². The normalized spacial score (nSPS) is 21.5. The zero-order valence-electron chi connectivity index (χ0n) is 12.2. The molecule has 5 nitrogen and oxygen atoms in total. The van der Waals surface area contributed by atoms with Gasteiger partial charge >= 0.3 is 0 Å². The molecule has 2 atom stereocenters. The van der Waals surface area contributed by atoms with E-state index in [4.69, 9.17) is 0 Å². The average Bonchev–Trinajstić information content (AvgIpc) is 3.12. The van der Waals surface area contributed by atoms with Crippen molar-refractivity contribution < 1.29 is 4.79 Å². The molecular weight excluding hydrogens is 264 g/mol. The Morgan fingerprint density at radius 3 is 2.90 bits per heavy atom. The number of nitrogens with zero attached hydrogens (tertiary/aromatic N) is 3. The molecule has 110 valence electrons. The van der Waals surface area contributed by atoms with E-state index in [1.54, 1.807) is 4.68 Å². The van der Waals surface area contributed by atoms with Crippen LogP contribution in [-0.2, 0) is 11.2 Å². The van der Waals surface area contributed by atoms with E-state index in [-0.39, 0.29) is 17.9 Å². The average molecular weight is 284 g/mol. The van der Waals surface area contributed by atoms with Crippen molar-refractivity contribution in [1.29, 1.82) is 0 Å². The number of amides is 1. The van der Waals surface area contributed by atoms with Gasteiger partial charge in [-0.05, 0) is 18.4 Å². The Balaban J connectivity index is 1.84. The predicted molar refractivity (Wildman–Crippen MR) is 79.9 cm³/mol. The monoisotopic (exact) mass is 284 g/mol. The van der Waals surface area contributed by atoms with E-state index in [1.165, 1.54) is 0 Å². The SMILES string of the molecule is CCCCc1cn([C@H]2C(=O)NC[C@@H]2c2ccccc2)nn1. The van der Waals surface area contributed by atoms with Crippen molar-refractivity contribution in [3.05, 3.63) is 47.8 Å². The summed E-state index contributed by atoms with van der Waals surface area (Å²) in [5.41, 5.74) is 2.12. The minimum atomic E-state index is -0.296. The van der Waals surface area contributed by atoms with Crippen LogP contribution in [0.2, 0.25) is 0 Å². The molecule has 1 N–H and O–H groups in total. The number of nitrogens with one attached hydrogen (secondary N) is 1. The van der Waals surface area contributed by atoms with Gasteiger partial charge in [0.25, 0.3) is 0 Å². The van der Waals surface area contributed by atoms with Crippen LogP contribution in [0.3, 0.4) is 0 Å². The zero-order valence-corrected chi connectivity index (χ0v) is 12.2. The first-order chi connectivity index (χ1) is 10.3. The first-order valence-corrected chi connectivity index (χ1v) is 7.53. The summed E-state index contributed by atoms with van der Waals surface area (Å²) in [6.45, 7) is 2.80. The highest BCUT2D eigenvalue weighted by atomic mass is 16.2. The molecule has 0 radical (unpaired) electrons. The molecule has 3 rings (SSSR count). The van der Waals surface area contributed by atoms with Gasteiger partial charge in [-0.2, -0.15) is 0 Å². The summed E-state index contributed by atoms with van der Waals surface area (Å²) >= 11 is 0. The minimum absolute atomic E-state index is 0.0239. The van der Waals surface area contributed by atoms with E-state index in [0.29, 0.717) is 6.54 Å². The highest BCUT2D eigenvalue weighted by molar-refractivity contribution is 5.84. The lowest BCUT2D eigenvalue weighted by Gasteiger charge is -2.16. The quantitative estimate of drug-likeness (QED) is 0.914. The summed E-state index contributed by atoms with van der Waals surface area (Å²) in [4.78, 5) is 12.2. The maximum absolute atomic E-state index is 12.2. The number of benzene rings is 1. The summed E-state index contributed by atoms with van der Waals surface area (Å²) < 4.78 is 1.73. The Kier molecular flexibility index (Phi) is 3.99. The van der Waals surface area contributed by atoms with Gasteiger partial charge in [0.15, 0.2) is 0 Å². The number of rotatable bonds is 5. The van der Waals surface area contributed by atoms with Gasteiger partial charge in [0, 0.05) is 18.7 Å². The Morgan fingerprint density at radius 2 is 2.14 bits per heavy atom. The van der Waals surface area contributed by atoms with E-state index in [1.807, 2.05) is 24.4 Å². The second-order valence-corrected chi connectivity index (χ2v) is 5.50. The van der Waals surface area contributed by atoms with Crippen LogP contribution in [0.1, 0.15) is 43.0 Å². The smallest absolute Gasteiger partial charge is 0.245 e. The Bertz CT molecular complexity index is 608. The van der Waals surface area contributed by atoms with Crippen LogP contribution < -0.4 is 5.32 Å².